The summed E-state index contributed by atoms with van der Waals surface area (Å²) in [5.41, 5.74) is 10.8. The van der Waals surface area contributed by atoms with Crippen LogP contribution in [0.1, 0.15) is 11.1 Å². The Balaban J connectivity index is 1.61. The molecule has 0 heterocycles. The van der Waals surface area contributed by atoms with Crippen LogP contribution >= 0.6 is 0 Å². The van der Waals surface area contributed by atoms with Gasteiger partial charge in [-0.2, -0.15) is 0 Å². The molecule has 0 aliphatic heterocycles. The van der Waals surface area contributed by atoms with Gasteiger partial charge in [0.25, 0.3) is 0 Å². The van der Waals surface area contributed by atoms with Gasteiger partial charge in [-0.3, -0.25) is 0 Å². The van der Waals surface area contributed by atoms with E-state index < -0.39 is 0 Å². The molecule has 146 valence electrons. The zero-order valence-corrected chi connectivity index (χ0v) is 16.5. The molecule has 0 saturated heterocycles. The van der Waals surface area contributed by atoms with E-state index in [1.807, 2.05) is 24.3 Å². The Hall–Kier alpha value is -2.82. The van der Waals surface area contributed by atoms with Gasteiger partial charge in [-0.05, 0) is 40.8 Å². The van der Waals surface area contributed by atoms with Crippen LogP contribution in [0.25, 0.3) is 11.1 Å². The molecule has 28 heavy (non-hydrogen) atoms. The Bertz CT molecular complexity index is 841. The molecule has 3 rings (SSSR count). The monoisotopic (exact) mass is 376 g/mol. The summed E-state index contributed by atoms with van der Waals surface area (Å²) in [4.78, 5) is 0. The van der Waals surface area contributed by atoms with E-state index in [9.17, 15) is 0 Å². The molecule has 0 fully saturated rings. The molecular formula is C24H28N2O2. The summed E-state index contributed by atoms with van der Waals surface area (Å²) >= 11 is 0. The molecule has 4 nitrogen and oxygen atoms in total. The Labute approximate surface area is 167 Å². The van der Waals surface area contributed by atoms with E-state index in [1.54, 1.807) is 14.2 Å². The normalized spacial score (nSPS) is 11.8. The Morgan fingerprint density at radius 2 is 1.39 bits per heavy atom. The third-order valence-electron chi connectivity index (χ3n) is 4.83. The molecule has 0 radical (unpaired) electrons. The zero-order valence-electron chi connectivity index (χ0n) is 16.5. The van der Waals surface area contributed by atoms with Gasteiger partial charge in [0.1, 0.15) is 11.5 Å². The predicted octanol–water partition coefficient (Wildman–Crippen LogP) is 4.03. The largest absolute Gasteiger partial charge is 0.497 e. The van der Waals surface area contributed by atoms with Crippen molar-refractivity contribution in [2.45, 2.75) is 19.0 Å². The third kappa shape index (κ3) is 5.35. The molecule has 0 saturated carbocycles. The van der Waals surface area contributed by atoms with Gasteiger partial charge in [-0.1, -0.05) is 54.6 Å². The van der Waals surface area contributed by atoms with E-state index in [0.29, 0.717) is 13.1 Å². The number of ether oxygens (including phenoxy) is 2. The van der Waals surface area contributed by atoms with E-state index in [-0.39, 0.29) is 6.04 Å². The van der Waals surface area contributed by atoms with Crippen LogP contribution in [0, 0.1) is 0 Å². The molecule has 3 aromatic rings. The average molecular weight is 377 g/mol. The summed E-state index contributed by atoms with van der Waals surface area (Å²) in [5.74, 6) is 1.58. The van der Waals surface area contributed by atoms with Gasteiger partial charge < -0.3 is 20.5 Å². The van der Waals surface area contributed by atoms with Gasteiger partial charge in [0.05, 0.1) is 14.2 Å². The minimum atomic E-state index is 0.194. The van der Waals surface area contributed by atoms with Crippen molar-refractivity contribution in [2.24, 2.45) is 5.73 Å². The lowest BCUT2D eigenvalue weighted by Crippen LogP contribution is -2.37. The minimum Gasteiger partial charge on any atom is -0.497 e. The zero-order chi connectivity index (χ0) is 19.8. The summed E-state index contributed by atoms with van der Waals surface area (Å²) in [6.07, 6.45) is 0.882. The molecule has 0 aliphatic carbocycles. The van der Waals surface area contributed by atoms with Gasteiger partial charge in [-0.15, -0.1) is 0 Å². The fraction of sp³-hybridized carbons (Fsp3) is 0.250. The first-order valence-electron chi connectivity index (χ1n) is 9.51. The number of methoxy groups -OCH3 is 2. The molecule has 1 atom stereocenters. The van der Waals surface area contributed by atoms with Gasteiger partial charge in [-0.25, -0.2) is 0 Å². The van der Waals surface area contributed by atoms with Crippen LogP contribution in [0.15, 0.2) is 72.8 Å². The molecule has 3 aromatic carbocycles. The van der Waals surface area contributed by atoms with Crippen LogP contribution in [0.4, 0.5) is 0 Å². The van der Waals surface area contributed by atoms with Crippen LogP contribution < -0.4 is 20.5 Å². The molecule has 1 unspecified atom stereocenters. The SMILES string of the molecule is COc1cc(CNC(CN)Cc2ccc(-c3ccccc3)cc2)cc(OC)c1. The van der Waals surface area contributed by atoms with Crippen molar-refractivity contribution in [2.75, 3.05) is 20.8 Å². The number of hydrogen-bond acceptors (Lipinski definition) is 4. The molecular weight excluding hydrogens is 348 g/mol. The fourth-order valence-corrected chi connectivity index (χ4v) is 3.22. The average Bonchev–Trinajstić information content (AvgIpc) is 2.77. The maximum Gasteiger partial charge on any atom is 0.122 e. The molecule has 0 spiro atoms. The highest BCUT2D eigenvalue weighted by atomic mass is 16.5. The minimum absolute atomic E-state index is 0.194. The lowest BCUT2D eigenvalue weighted by Gasteiger charge is -2.18. The van der Waals surface area contributed by atoms with Crippen LogP contribution in [0.3, 0.4) is 0 Å². The molecule has 0 amide bonds. The number of nitrogens with one attached hydrogen (secondary N) is 1. The highest BCUT2D eigenvalue weighted by Crippen LogP contribution is 2.23. The van der Waals surface area contributed by atoms with Crippen molar-refractivity contribution in [3.05, 3.63) is 83.9 Å². The topological polar surface area (TPSA) is 56.5 Å². The third-order valence-corrected chi connectivity index (χ3v) is 4.83. The second kappa shape index (κ2) is 9.93. The number of rotatable bonds is 9. The van der Waals surface area contributed by atoms with Crippen LogP contribution in [-0.2, 0) is 13.0 Å². The smallest absolute Gasteiger partial charge is 0.122 e. The lowest BCUT2D eigenvalue weighted by atomic mass is 10.0. The van der Waals surface area contributed by atoms with Crippen molar-refractivity contribution in [3.8, 4) is 22.6 Å². The predicted molar refractivity (Wildman–Crippen MR) is 115 cm³/mol. The molecule has 0 bridgehead atoms. The number of nitrogens with two attached hydrogens (primary N) is 1. The van der Waals surface area contributed by atoms with Gasteiger partial charge in [0.2, 0.25) is 0 Å². The van der Waals surface area contributed by atoms with E-state index in [1.165, 1.54) is 16.7 Å². The van der Waals surface area contributed by atoms with Crippen LogP contribution in [0.2, 0.25) is 0 Å². The first-order chi connectivity index (χ1) is 13.7. The van der Waals surface area contributed by atoms with Crippen molar-refractivity contribution in [1.29, 1.82) is 0 Å². The summed E-state index contributed by atoms with van der Waals surface area (Å²) < 4.78 is 10.7. The van der Waals surface area contributed by atoms with Gasteiger partial charge in [0.15, 0.2) is 0 Å². The van der Waals surface area contributed by atoms with Gasteiger partial charge >= 0.3 is 0 Å². The van der Waals surface area contributed by atoms with E-state index in [4.69, 9.17) is 15.2 Å². The maximum absolute atomic E-state index is 6.01. The van der Waals surface area contributed by atoms with E-state index in [2.05, 4.69) is 53.8 Å². The summed E-state index contributed by atoms with van der Waals surface area (Å²) in [6, 6.07) is 25.2. The summed E-state index contributed by atoms with van der Waals surface area (Å²) in [5, 5.41) is 3.55. The quantitative estimate of drug-likeness (QED) is 0.592. The van der Waals surface area contributed by atoms with E-state index >= 15 is 0 Å². The lowest BCUT2D eigenvalue weighted by molar-refractivity contribution is 0.392. The van der Waals surface area contributed by atoms with Crippen molar-refractivity contribution in [3.63, 3.8) is 0 Å². The van der Waals surface area contributed by atoms with Crippen LogP contribution in [0.5, 0.6) is 11.5 Å². The maximum atomic E-state index is 6.01. The number of hydrogen-bond donors (Lipinski definition) is 2. The Morgan fingerprint density at radius 3 is 1.96 bits per heavy atom. The van der Waals surface area contributed by atoms with Crippen molar-refractivity contribution in [1.82, 2.24) is 5.32 Å². The summed E-state index contributed by atoms with van der Waals surface area (Å²) in [7, 11) is 3.32. The molecule has 3 N–H and O–H groups in total. The fourth-order valence-electron chi connectivity index (χ4n) is 3.22. The first-order valence-corrected chi connectivity index (χ1v) is 9.51. The molecule has 0 aliphatic rings. The van der Waals surface area contributed by atoms with Crippen molar-refractivity contribution < 1.29 is 9.47 Å². The Morgan fingerprint density at radius 1 is 0.786 bits per heavy atom. The molecule has 0 aromatic heterocycles. The first kappa shape index (κ1) is 19.9. The van der Waals surface area contributed by atoms with E-state index in [0.717, 1.165) is 23.5 Å². The second-order valence-corrected chi connectivity index (χ2v) is 6.80. The molecule has 4 heteroatoms. The highest BCUT2D eigenvalue weighted by Gasteiger charge is 2.09. The van der Waals surface area contributed by atoms with Crippen LogP contribution in [-0.4, -0.2) is 26.8 Å². The van der Waals surface area contributed by atoms with Gasteiger partial charge in [0, 0.05) is 25.2 Å². The van der Waals surface area contributed by atoms with Crippen molar-refractivity contribution >= 4 is 0 Å². The summed E-state index contributed by atoms with van der Waals surface area (Å²) in [6.45, 7) is 1.28. The second-order valence-electron chi connectivity index (χ2n) is 6.80. The number of benzene rings is 3. The standard InChI is InChI=1S/C24H28N2O2/c1-27-23-13-19(14-24(15-23)28-2)17-26-22(16-25)12-18-8-10-21(11-9-18)20-6-4-3-5-7-20/h3-11,13-15,22,26H,12,16-17,25H2,1-2H3. The Kier molecular flexibility index (Phi) is 7.06. The highest BCUT2D eigenvalue weighted by molar-refractivity contribution is 5.63.